The van der Waals surface area contributed by atoms with Crippen LogP contribution in [0.1, 0.15) is 17.5 Å². The largest absolute Gasteiger partial charge is 0.213 e. The number of fused-ring (bicyclic) bond motifs is 1. The first-order valence-electron chi connectivity index (χ1n) is 8.22. The standard InChI is InChI=1S/C21H20ClN3/c1-16-10-13-18(14-11-16)6-5-7-19(15-12-17(2)22)25-21-9-4-3-8-20(21)23-24-25/h3-4,7-15H,2,5-6H2,1H3/b15-12-,19-7+. The summed E-state index contributed by atoms with van der Waals surface area (Å²) in [5.41, 5.74) is 5.36. The molecule has 0 bridgehead atoms. The van der Waals surface area contributed by atoms with E-state index in [9.17, 15) is 0 Å². The Balaban J connectivity index is 1.86. The van der Waals surface area contributed by atoms with Crippen molar-refractivity contribution in [3.05, 3.63) is 89.5 Å². The smallest absolute Gasteiger partial charge is 0.113 e. The zero-order chi connectivity index (χ0) is 17.6. The Morgan fingerprint density at radius 2 is 1.88 bits per heavy atom. The molecule has 3 rings (SSSR count). The van der Waals surface area contributed by atoms with Crippen molar-refractivity contribution in [2.24, 2.45) is 0 Å². The van der Waals surface area contributed by atoms with Crippen LogP contribution in [0, 0.1) is 6.92 Å². The summed E-state index contributed by atoms with van der Waals surface area (Å²) in [6.07, 6.45) is 7.70. The number of halogens is 1. The van der Waals surface area contributed by atoms with Gasteiger partial charge in [0.25, 0.3) is 0 Å². The zero-order valence-corrected chi connectivity index (χ0v) is 14.9. The fourth-order valence-corrected chi connectivity index (χ4v) is 2.67. The number of hydrogen-bond donors (Lipinski definition) is 0. The maximum absolute atomic E-state index is 5.89. The minimum absolute atomic E-state index is 0.480. The number of nitrogens with zero attached hydrogens (tertiary/aromatic N) is 3. The second-order valence-corrected chi connectivity index (χ2v) is 6.41. The van der Waals surface area contributed by atoms with E-state index in [1.54, 1.807) is 6.08 Å². The first-order valence-corrected chi connectivity index (χ1v) is 8.60. The number of para-hydroxylation sites is 1. The molecule has 0 radical (unpaired) electrons. The molecule has 0 fully saturated rings. The van der Waals surface area contributed by atoms with Crippen LogP contribution in [0.4, 0.5) is 0 Å². The van der Waals surface area contributed by atoms with Gasteiger partial charge in [-0.05, 0) is 49.6 Å². The molecule has 126 valence electrons. The molecular formula is C21H20ClN3. The Morgan fingerprint density at radius 1 is 1.12 bits per heavy atom. The second-order valence-electron chi connectivity index (χ2n) is 5.92. The Kier molecular flexibility index (Phi) is 5.46. The number of hydrogen-bond acceptors (Lipinski definition) is 2. The lowest BCUT2D eigenvalue weighted by Crippen LogP contribution is -1.98. The van der Waals surface area contributed by atoms with Gasteiger partial charge >= 0.3 is 0 Å². The van der Waals surface area contributed by atoms with Crippen molar-refractivity contribution >= 4 is 28.3 Å². The van der Waals surface area contributed by atoms with Gasteiger partial charge in [-0.1, -0.05) is 71.4 Å². The molecule has 1 heterocycles. The Hall–Kier alpha value is -2.65. The predicted octanol–water partition coefficient (Wildman–Crippen LogP) is 5.52. The van der Waals surface area contributed by atoms with E-state index in [2.05, 4.69) is 54.2 Å². The second kappa shape index (κ2) is 7.95. The average molecular weight is 350 g/mol. The highest BCUT2D eigenvalue weighted by Crippen LogP contribution is 2.18. The van der Waals surface area contributed by atoms with Crippen LogP contribution in [0.5, 0.6) is 0 Å². The van der Waals surface area contributed by atoms with Crippen LogP contribution in [0.25, 0.3) is 16.7 Å². The van der Waals surface area contributed by atoms with Crippen LogP contribution in [0.3, 0.4) is 0 Å². The molecule has 2 aromatic carbocycles. The highest BCUT2D eigenvalue weighted by molar-refractivity contribution is 6.30. The summed E-state index contributed by atoms with van der Waals surface area (Å²) in [4.78, 5) is 0. The van der Waals surface area contributed by atoms with E-state index >= 15 is 0 Å². The van der Waals surface area contributed by atoms with Crippen molar-refractivity contribution in [3.63, 3.8) is 0 Å². The summed E-state index contributed by atoms with van der Waals surface area (Å²) in [6, 6.07) is 16.5. The van der Waals surface area contributed by atoms with Gasteiger partial charge in [-0.3, -0.25) is 0 Å². The maximum Gasteiger partial charge on any atom is 0.113 e. The molecule has 3 aromatic rings. The molecule has 4 heteroatoms. The molecule has 0 amide bonds. The van der Waals surface area contributed by atoms with E-state index in [1.807, 2.05) is 35.0 Å². The fourth-order valence-electron chi connectivity index (χ4n) is 2.60. The lowest BCUT2D eigenvalue weighted by Gasteiger charge is -2.05. The molecule has 25 heavy (non-hydrogen) atoms. The van der Waals surface area contributed by atoms with Gasteiger partial charge in [-0.25, -0.2) is 4.68 Å². The summed E-state index contributed by atoms with van der Waals surface area (Å²) in [7, 11) is 0. The molecule has 0 saturated carbocycles. The average Bonchev–Trinajstić information content (AvgIpc) is 3.03. The minimum Gasteiger partial charge on any atom is -0.213 e. The summed E-state index contributed by atoms with van der Waals surface area (Å²) in [5, 5.41) is 8.99. The fraction of sp³-hybridized carbons (Fsp3) is 0.143. The zero-order valence-electron chi connectivity index (χ0n) is 14.2. The van der Waals surface area contributed by atoms with Gasteiger partial charge in [0.2, 0.25) is 0 Å². The van der Waals surface area contributed by atoms with Gasteiger partial charge in [-0.15, -0.1) is 5.10 Å². The summed E-state index contributed by atoms with van der Waals surface area (Å²) < 4.78 is 1.83. The Labute approximate surface area is 152 Å². The van der Waals surface area contributed by atoms with Crippen LogP contribution in [-0.4, -0.2) is 15.0 Å². The SMILES string of the molecule is C=C(Cl)/C=C\C(=C/CCc1ccc(C)cc1)n1nnc2ccccc21. The molecule has 0 unspecified atom stereocenters. The van der Waals surface area contributed by atoms with E-state index in [-0.39, 0.29) is 0 Å². The van der Waals surface area contributed by atoms with E-state index in [4.69, 9.17) is 11.6 Å². The number of aryl methyl sites for hydroxylation is 2. The predicted molar refractivity (Wildman–Crippen MR) is 105 cm³/mol. The highest BCUT2D eigenvalue weighted by atomic mass is 35.5. The topological polar surface area (TPSA) is 30.7 Å². The molecule has 0 aliphatic heterocycles. The van der Waals surface area contributed by atoms with Gasteiger partial charge in [0.15, 0.2) is 0 Å². The van der Waals surface area contributed by atoms with Gasteiger partial charge in [0.1, 0.15) is 5.52 Å². The lowest BCUT2D eigenvalue weighted by atomic mass is 10.1. The third kappa shape index (κ3) is 4.46. The first-order chi connectivity index (χ1) is 12.1. The monoisotopic (exact) mass is 349 g/mol. The van der Waals surface area contributed by atoms with Crippen LogP contribution < -0.4 is 0 Å². The van der Waals surface area contributed by atoms with Crippen LogP contribution in [0.15, 0.2) is 78.4 Å². The van der Waals surface area contributed by atoms with Crippen molar-refractivity contribution in [2.45, 2.75) is 19.8 Å². The molecule has 0 N–H and O–H groups in total. The molecule has 0 saturated heterocycles. The molecule has 0 atom stereocenters. The Bertz CT molecular complexity index is 933. The van der Waals surface area contributed by atoms with Crippen molar-refractivity contribution in [1.29, 1.82) is 0 Å². The number of rotatable bonds is 6. The molecular weight excluding hydrogens is 330 g/mol. The van der Waals surface area contributed by atoms with Crippen LogP contribution >= 0.6 is 11.6 Å². The summed E-state index contributed by atoms with van der Waals surface area (Å²) in [5.74, 6) is 0. The van der Waals surface area contributed by atoms with E-state index in [1.165, 1.54) is 11.1 Å². The summed E-state index contributed by atoms with van der Waals surface area (Å²) >= 11 is 5.89. The molecule has 1 aromatic heterocycles. The van der Waals surface area contributed by atoms with E-state index in [0.29, 0.717) is 5.03 Å². The minimum atomic E-state index is 0.480. The summed E-state index contributed by atoms with van der Waals surface area (Å²) in [6.45, 7) is 5.81. The van der Waals surface area contributed by atoms with Crippen molar-refractivity contribution in [2.75, 3.05) is 0 Å². The molecule has 0 aliphatic rings. The van der Waals surface area contributed by atoms with Crippen molar-refractivity contribution < 1.29 is 0 Å². The van der Waals surface area contributed by atoms with Crippen LogP contribution in [0.2, 0.25) is 0 Å². The Morgan fingerprint density at radius 3 is 2.64 bits per heavy atom. The third-order valence-corrected chi connectivity index (χ3v) is 4.06. The number of aromatic nitrogens is 3. The normalized spacial score (nSPS) is 12.2. The van der Waals surface area contributed by atoms with Gasteiger partial charge in [0, 0.05) is 5.03 Å². The van der Waals surface area contributed by atoms with Crippen molar-refractivity contribution in [3.8, 4) is 0 Å². The lowest BCUT2D eigenvalue weighted by molar-refractivity contribution is 0.838. The van der Waals surface area contributed by atoms with Gasteiger partial charge in [0.05, 0.1) is 11.2 Å². The highest BCUT2D eigenvalue weighted by Gasteiger charge is 2.06. The van der Waals surface area contributed by atoms with E-state index in [0.717, 1.165) is 29.6 Å². The maximum atomic E-state index is 5.89. The quantitative estimate of drug-likeness (QED) is 0.548. The van der Waals surface area contributed by atoms with Gasteiger partial charge < -0.3 is 0 Å². The number of benzene rings is 2. The van der Waals surface area contributed by atoms with Gasteiger partial charge in [-0.2, -0.15) is 0 Å². The van der Waals surface area contributed by atoms with Crippen LogP contribution in [-0.2, 0) is 6.42 Å². The number of allylic oxidation sites excluding steroid dienone is 5. The molecule has 3 nitrogen and oxygen atoms in total. The van der Waals surface area contributed by atoms with Crippen molar-refractivity contribution in [1.82, 2.24) is 15.0 Å². The molecule has 0 aliphatic carbocycles. The first kappa shape index (κ1) is 17.2. The third-order valence-electron chi connectivity index (χ3n) is 3.94. The molecule has 0 spiro atoms. The van der Waals surface area contributed by atoms with E-state index < -0.39 is 0 Å².